The van der Waals surface area contributed by atoms with Crippen molar-refractivity contribution in [1.29, 1.82) is 0 Å². The molecule has 0 saturated carbocycles. The highest BCUT2D eigenvalue weighted by Crippen LogP contribution is 2.16. The summed E-state index contributed by atoms with van der Waals surface area (Å²) in [5.74, 6) is -0.0606. The summed E-state index contributed by atoms with van der Waals surface area (Å²) in [5, 5.41) is 5.71. The lowest BCUT2D eigenvalue weighted by molar-refractivity contribution is -0.130. The Balaban J connectivity index is 1.64. The van der Waals surface area contributed by atoms with Crippen molar-refractivity contribution in [1.82, 2.24) is 21.4 Å². The molecule has 0 fully saturated rings. The molecule has 7 heteroatoms. The van der Waals surface area contributed by atoms with Gasteiger partial charge in [0.1, 0.15) is 24.4 Å². The summed E-state index contributed by atoms with van der Waals surface area (Å²) in [7, 11) is 0. The Hall–Kier alpha value is -3.71. The Morgan fingerprint density at radius 1 is 0.886 bits per heavy atom. The van der Waals surface area contributed by atoms with E-state index in [1.54, 1.807) is 18.5 Å². The molecular formula is C28H33N4O3. The number of aromatic nitrogens is 1. The maximum Gasteiger partial charge on any atom is 0.243 e. The first kappa shape index (κ1) is 25.9. The molecule has 1 radical (unpaired) electrons. The van der Waals surface area contributed by atoms with Crippen LogP contribution in [0.5, 0.6) is 5.75 Å². The van der Waals surface area contributed by atoms with Gasteiger partial charge >= 0.3 is 0 Å². The number of nitrogens with one attached hydrogen (secondary N) is 3. The highest BCUT2D eigenvalue weighted by Gasteiger charge is 2.27. The van der Waals surface area contributed by atoms with Crippen LogP contribution in [0.4, 0.5) is 0 Å². The Morgan fingerprint density at radius 3 is 2.20 bits per heavy atom. The fourth-order valence-electron chi connectivity index (χ4n) is 3.48. The quantitative estimate of drug-likeness (QED) is 0.470. The van der Waals surface area contributed by atoms with Gasteiger partial charge in [0.05, 0.1) is 0 Å². The second kappa shape index (κ2) is 12.1. The minimum Gasteiger partial charge on any atom is -0.489 e. The third-order valence-electron chi connectivity index (χ3n) is 5.22. The van der Waals surface area contributed by atoms with Crippen LogP contribution in [0.1, 0.15) is 37.5 Å². The molecule has 0 aliphatic carbocycles. The van der Waals surface area contributed by atoms with Gasteiger partial charge in [-0.15, -0.1) is 0 Å². The molecule has 0 saturated heterocycles. The Labute approximate surface area is 207 Å². The van der Waals surface area contributed by atoms with E-state index in [4.69, 9.17) is 10.5 Å². The van der Waals surface area contributed by atoms with Crippen molar-refractivity contribution < 1.29 is 14.3 Å². The topological polar surface area (TPSA) is 104 Å². The van der Waals surface area contributed by atoms with Gasteiger partial charge in [-0.25, -0.2) is 5.73 Å². The predicted molar refractivity (Wildman–Crippen MR) is 136 cm³/mol. The summed E-state index contributed by atoms with van der Waals surface area (Å²) >= 11 is 0. The number of carbonyl (C=O) groups is 2. The fraction of sp³-hybridized carbons (Fsp3) is 0.321. The van der Waals surface area contributed by atoms with Crippen molar-refractivity contribution in [2.45, 2.75) is 57.8 Å². The molecular weight excluding hydrogens is 440 g/mol. The van der Waals surface area contributed by atoms with E-state index in [-0.39, 0.29) is 12.3 Å². The van der Waals surface area contributed by atoms with Crippen molar-refractivity contribution in [3.05, 3.63) is 95.8 Å². The Bertz CT molecular complexity index is 1080. The zero-order valence-electron chi connectivity index (χ0n) is 20.5. The summed E-state index contributed by atoms with van der Waals surface area (Å²) in [6.07, 6.45) is 3.81. The molecule has 2 atom stereocenters. The maximum atomic E-state index is 13.0. The van der Waals surface area contributed by atoms with E-state index >= 15 is 0 Å². The van der Waals surface area contributed by atoms with Crippen LogP contribution in [-0.4, -0.2) is 34.4 Å². The van der Waals surface area contributed by atoms with Crippen LogP contribution in [0.3, 0.4) is 0 Å². The van der Waals surface area contributed by atoms with Crippen LogP contribution in [-0.2, 0) is 29.0 Å². The van der Waals surface area contributed by atoms with Crippen molar-refractivity contribution in [3.63, 3.8) is 0 Å². The van der Waals surface area contributed by atoms with Crippen LogP contribution in [0.15, 0.2) is 79.1 Å². The fourth-order valence-corrected chi connectivity index (χ4v) is 3.48. The Morgan fingerprint density at radius 2 is 1.57 bits per heavy atom. The lowest BCUT2D eigenvalue weighted by atomic mass is 10.0. The molecule has 7 nitrogen and oxygen atoms in total. The maximum absolute atomic E-state index is 13.0. The van der Waals surface area contributed by atoms with Gasteiger partial charge in [-0.3, -0.25) is 14.6 Å². The number of carbonyl (C=O) groups excluding carboxylic acids is 2. The van der Waals surface area contributed by atoms with Crippen molar-refractivity contribution in [2.75, 3.05) is 0 Å². The molecule has 0 aliphatic rings. The lowest BCUT2D eigenvalue weighted by Crippen LogP contribution is -2.55. The molecule has 2 amide bonds. The first-order chi connectivity index (χ1) is 16.7. The van der Waals surface area contributed by atoms with Crippen molar-refractivity contribution in [2.24, 2.45) is 0 Å². The molecule has 0 bridgehead atoms. The number of amides is 2. The van der Waals surface area contributed by atoms with E-state index < -0.39 is 23.5 Å². The van der Waals surface area contributed by atoms with Crippen LogP contribution in [0.2, 0.25) is 0 Å². The van der Waals surface area contributed by atoms with Crippen LogP contribution in [0, 0.1) is 0 Å². The number of rotatable bonds is 10. The van der Waals surface area contributed by atoms with Gasteiger partial charge in [0.2, 0.25) is 11.8 Å². The molecule has 183 valence electrons. The van der Waals surface area contributed by atoms with Crippen LogP contribution < -0.4 is 21.1 Å². The number of pyridine rings is 1. The van der Waals surface area contributed by atoms with E-state index in [1.807, 2.05) is 81.4 Å². The number of nitrogens with zero attached hydrogens (tertiary/aromatic N) is 1. The third-order valence-corrected chi connectivity index (χ3v) is 5.22. The van der Waals surface area contributed by atoms with E-state index in [9.17, 15) is 9.59 Å². The van der Waals surface area contributed by atoms with E-state index in [0.29, 0.717) is 13.0 Å². The van der Waals surface area contributed by atoms with Crippen molar-refractivity contribution >= 4 is 11.8 Å². The van der Waals surface area contributed by atoms with Gasteiger partial charge in [-0.05, 0) is 62.1 Å². The summed E-state index contributed by atoms with van der Waals surface area (Å²) < 4.78 is 5.84. The monoisotopic (exact) mass is 473 g/mol. The van der Waals surface area contributed by atoms with Gasteiger partial charge in [-0.2, -0.15) is 0 Å². The third kappa shape index (κ3) is 8.87. The second-order valence-electron chi connectivity index (χ2n) is 9.54. The van der Waals surface area contributed by atoms with E-state index in [2.05, 4.69) is 15.6 Å². The zero-order valence-corrected chi connectivity index (χ0v) is 20.5. The van der Waals surface area contributed by atoms with Crippen LogP contribution in [0.25, 0.3) is 0 Å². The highest BCUT2D eigenvalue weighted by molar-refractivity contribution is 5.90. The van der Waals surface area contributed by atoms with Gasteiger partial charge < -0.3 is 15.4 Å². The van der Waals surface area contributed by atoms with Crippen LogP contribution >= 0.6 is 0 Å². The van der Waals surface area contributed by atoms with E-state index in [1.165, 1.54) is 0 Å². The average molecular weight is 474 g/mol. The van der Waals surface area contributed by atoms with Gasteiger partial charge in [0.15, 0.2) is 0 Å². The number of benzene rings is 2. The standard InChI is InChI=1S/C28H33N4O3/c1-28(2,3)32-27(34)25(31-26(33)24(29)16-22-10-7-15-30-18-22)17-20-11-13-23(14-12-20)35-19-21-8-5-4-6-9-21/h4-15,18,24-25,29H,16-17,19H2,1-3H3,(H,31,33)(H,32,34)/t24-,25?/m0/s1. The second-order valence-corrected chi connectivity index (χ2v) is 9.54. The smallest absolute Gasteiger partial charge is 0.243 e. The van der Waals surface area contributed by atoms with Gasteiger partial charge in [-0.1, -0.05) is 48.5 Å². The normalized spacial score (nSPS) is 12.9. The minimum absolute atomic E-state index is 0.223. The van der Waals surface area contributed by atoms with Gasteiger partial charge in [0, 0.05) is 24.4 Å². The lowest BCUT2D eigenvalue weighted by Gasteiger charge is -2.26. The molecule has 1 heterocycles. The van der Waals surface area contributed by atoms with Crippen molar-refractivity contribution in [3.8, 4) is 5.75 Å². The molecule has 35 heavy (non-hydrogen) atoms. The zero-order chi connectivity index (χ0) is 25.3. The van der Waals surface area contributed by atoms with E-state index in [0.717, 1.165) is 22.4 Å². The summed E-state index contributed by atoms with van der Waals surface area (Å²) in [5.41, 5.74) is 10.6. The number of hydrogen-bond acceptors (Lipinski definition) is 4. The summed E-state index contributed by atoms with van der Waals surface area (Å²) in [6, 6.07) is 19.1. The summed E-state index contributed by atoms with van der Waals surface area (Å²) in [4.78, 5) is 29.8. The number of ether oxygens (including phenoxy) is 1. The first-order valence-corrected chi connectivity index (χ1v) is 11.7. The number of hydrogen-bond donors (Lipinski definition) is 2. The molecule has 0 spiro atoms. The van der Waals surface area contributed by atoms with Gasteiger partial charge in [0.25, 0.3) is 0 Å². The first-order valence-electron chi connectivity index (χ1n) is 11.7. The molecule has 1 aromatic heterocycles. The summed E-state index contributed by atoms with van der Waals surface area (Å²) in [6.45, 7) is 6.13. The largest absolute Gasteiger partial charge is 0.489 e. The molecule has 3 N–H and O–H groups in total. The molecule has 3 rings (SSSR count). The molecule has 3 aromatic rings. The average Bonchev–Trinajstić information content (AvgIpc) is 2.83. The Kier molecular flexibility index (Phi) is 8.98. The SMILES string of the molecule is CC(C)(C)NC(=O)C(Cc1ccc(OCc2ccccc2)cc1)NC(=O)[C@@H]([NH])Cc1cccnc1. The highest BCUT2D eigenvalue weighted by atomic mass is 16.5. The predicted octanol–water partition coefficient (Wildman–Crippen LogP) is 3.50. The molecule has 0 aliphatic heterocycles. The minimum atomic E-state index is -1.04. The molecule has 1 unspecified atom stereocenters. The molecule has 2 aromatic carbocycles.